The zero-order valence-corrected chi connectivity index (χ0v) is 13.9. The van der Waals surface area contributed by atoms with Crippen LogP contribution in [0.1, 0.15) is 37.6 Å². The van der Waals surface area contributed by atoms with Crippen LogP contribution in [0.25, 0.3) is 0 Å². The van der Waals surface area contributed by atoms with Gasteiger partial charge in [-0.05, 0) is 31.4 Å². The maximum atomic E-state index is 11.9. The molecule has 1 amide bonds. The highest BCUT2D eigenvalue weighted by Gasteiger charge is 2.03. The summed E-state index contributed by atoms with van der Waals surface area (Å²) in [6, 6.07) is 9.23. The van der Waals surface area contributed by atoms with Crippen molar-refractivity contribution in [3.05, 3.63) is 35.9 Å². The molecule has 0 heterocycles. The van der Waals surface area contributed by atoms with Crippen LogP contribution in [0.2, 0.25) is 0 Å². The van der Waals surface area contributed by atoms with Crippen molar-refractivity contribution in [2.24, 2.45) is 10.9 Å². The molecule has 122 valence electrons. The third-order valence-corrected chi connectivity index (χ3v) is 3.06. The first kappa shape index (κ1) is 18.0. The van der Waals surface area contributed by atoms with Crippen LogP contribution in [0.5, 0.6) is 0 Å². The molecule has 0 fully saturated rings. The zero-order chi connectivity index (χ0) is 16.2. The maximum absolute atomic E-state index is 11.9. The van der Waals surface area contributed by atoms with Gasteiger partial charge in [-0.2, -0.15) is 0 Å². The molecule has 0 aromatic heterocycles. The van der Waals surface area contributed by atoms with Crippen molar-refractivity contribution in [1.29, 1.82) is 0 Å². The summed E-state index contributed by atoms with van der Waals surface area (Å²) in [5, 5.41) is 9.31. The number of aliphatic imine (C=N–C) groups is 1. The Balaban J connectivity index is 2.29. The van der Waals surface area contributed by atoms with Crippen LogP contribution >= 0.6 is 0 Å². The SMILES string of the molecule is CCNC(=NCCC(C)C)NCCNC(=O)c1ccccc1. The minimum atomic E-state index is -0.0517. The molecule has 1 aromatic carbocycles. The largest absolute Gasteiger partial charge is 0.357 e. The lowest BCUT2D eigenvalue weighted by atomic mass is 10.1. The molecule has 0 bridgehead atoms. The van der Waals surface area contributed by atoms with Crippen LogP contribution in [0.3, 0.4) is 0 Å². The number of guanidine groups is 1. The fraction of sp³-hybridized carbons (Fsp3) is 0.529. The Bertz CT molecular complexity index is 457. The molecule has 5 nitrogen and oxygen atoms in total. The van der Waals surface area contributed by atoms with Crippen molar-refractivity contribution in [2.75, 3.05) is 26.2 Å². The molecule has 0 atom stereocenters. The van der Waals surface area contributed by atoms with E-state index in [1.807, 2.05) is 25.1 Å². The fourth-order valence-electron chi connectivity index (χ4n) is 1.82. The molecular formula is C17H28N4O. The van der Waals surface area contributed by atoms with E-state index >= 15 is 0 Å². The summed E-state index contributed by atoms with van der Waals surface area (Å²) in [6.07, 6.45) is 1.07. The molecule has 0 aliphatic heterocycles. The Kier molecular flexibility index (Phi) is 8.72. The molecule has 0 aliphatic rings. The summed E-state index contributed by atoms with van der Waals surface area (Å²) in [7, 11) is 0. The fourth-order valence-corrected chi connectivity index (χ4v) is 1.82. The first-order valence-electron chi connectivity index (χ1n) is 7.99. The van der Waals surface area contributed by atoms with Gasteiger partial charge in [0.2, 0.25) is 0 Å². The van der Waals surface area contributed by atoms with E-state index in [1.54, 1.807) is 12.1 Å². The van der Waals surface area contributed by atoms with Crippen molar-refractivity contribution in [3.63, 3.8) is 0 Å². The van der Waals surface area contributed by atoms with Gasteiger partial charge in [-0.15, -0.1) is 0 Å². The van der Waals surface area contributed by atoms with E-state index in [9.17, 15) is 4.79 Å². The average molecular weight is 304 g/mol. The van der Waals surface area contributed by atoms with Gasteiger partial charge >= 0.3 is 0 Å². The highest BCUT2D eigenvalue weighted by Crippen LogP contribution is 1.98. The van der Waals surface area contributed by atoms with Gasteiger partial charge in [0, 0.05) is 31.7 Å². The summed E-state index contributed by atoms with van der Waals surface area (Å²) < 4.78 is 0. The van der Waals surface area contributed by atoms with Gasteiger partial charge in [0.15, 0.2) is 5.96 Å². The summed E-state index contributed by atoms with van der Waals surface area (Å²) >= 11 is 0. The number of hydrogen-bond donors (Lipinski definition) is 3. The van der Waals surface area contributed by atoms with Crippen molar-refractivity contribution in [2.45, 2.75) is 27.2 Å². The Morgan fingerprint density at radius 1 is 1.09 bits per heavy atom. The zero-order valence-electron chi connectivity index (χ0n) is 13.9. The van der Waals surface area contributed by atoms with Crippen LogP contribution in [-0.4, -0.2) is 38.0 Å². The summed E-state index contributed by atoms with van der Waals surface area (Å²) in [6.45, 7) is 9.25. The van der Waals surface area contributed by atoms with Gasteiger partial charge in [0.25, 0.3) is 5.91 Å². The average Bonchev–Trinajstić information content (AvgIpc) is 2.51. The molecule has 0 aliphatic carbocycles. The van der Waals surface area contributed by atoms with Crippen molar-refractivity contribution >= 4 is 11.9 Å². The van der Waals surface area contributed by atoms with Gasteiger partial charge in [-0.3, -0.25) is 9.79 Å². The van der Waals surface area contributed by atoms with E-state index in [1.165, 1.54) is 0 Å². The number of amides is 1. The van der Waals surface area contributed by atoms with E-state index in [-0.39, 0.29) is 5.91 Å². The summed E-state index contributed by atoms with van der Waals surface area (Å²) in [5.74, 6) is 1.40. The quantitative estimate of drug-likeness (QED) is 0.391. The van der Waals surface area contributed by atoms with Gasteiger partial charge in [0.1, 0.15) is 0 Å². The number of benzene rings is 1. The van der Waals surface area contributed by atoms with Crippen LogP contribution in [0, 0.1) is 5.92 Å². The molecule has 22 heavy (non-hydrogen) atoms. The van der Waals surface area contributed by atoms with Crippen molar-refractivity contribution in [3.8, 4) is 0 Å². The molecule has 0 saturated heterocycles. The molecule has 0 unspecified atom stereocenters. The highest BCUT2D eigenvalue weighted by molar-refractivity contribution is 5.94. The molecule has 0 saturated carbocycles. The number of carbonyl (C=O) groups excluding carboxylic acids is 1. The predicted molar refractivity (Wildman–Crippen MR) is 92.2 cm³/mol. The lowest BCUT2D eigenvalue weighted by Crippen LogP contribution is -2.41. The summed E-state index contributed by atoms with van der Waals surface area (Å²) in [5.41, 5.74) is 0.681. The smallest absolute Gasteiger partial charge is 0.251 e. The molecule has 1 aromatic rings. The minimum Gasteiger partial charge on any atom is -0.357 e. The van der Waals surface area contributed by atoms with Crippen LogP contribution in [0.15, 0.2) is 35.3 Å². The first-order valence-corrected chi connectivity index (χ1v) is 7.99. The Labute approximate surface area is 133 Å². The number of carbonyl (C=O) groups is 1. The monoisotopic (exact) mass is 304 g/mol. The van der Waals surface area contributed by atoms with Gasteiger partial charge in [-0.1, -0.05) is 32.0 Å². The number of rotatable bonds is 8. The second-order valence-electron chi connectivity index (χ2n) is 5.49. The number of hydrogen-bond acceptors (Lipinski definition) is 2. The maximum Gasteiger partial charge on any atom is 0.251 e. The van der Waals surface area contributed by atoms with E-state index < -0.39 is 0 Å². The third kappa shape index (κ3) is 7.67. The van der Waals surface area contributed by atoms with E-state index in [2.05, 4.69) is 34.8 Å². The second kappa shape index (κ2) is 10.7. The molecule has 5 heteroatoms. The molecule has 1 rings (SSSR count). The molecule has 0 radical (unpaired) electrons. The number of nitrogens with one attached hydrogen (secondary N) is 3. The number of nitrogens with zero attached hydrogens (tertiary/aromatic N) is 1. The molecule has 3 N–H and O–H groups in total. The second-order valence-corrected chi connectivity index (χ2v) is 5.49. The Morgan fingerprint density at radius 2 is 1.77 bits per heavy atom. The predicted octanol–water partition coefficient (Wildman–Crippen LogP) is 2.02. The van der Waals surface area contributed by atoms with Crippen molar-refractivity contribution < 1.29 is 4.79 Å². The normalized spacial score (nSPS) is 11.4. The van der Waals surface area contributed by atoms with Crippen LogP contribution < -0.4 is 16.0 Å². The lowest BCUT2D eigenvalue weighted by Gasteiger charge is -2.12. The van der Waals surface area contributed by atoms with Gasteiger partial charge in [-0.25, -0.2) is 0 Å². The lowest BCUT2D eigenvalue weighted by molar-refractivity contribution is 0.0954. The van der Waals surface area contributed by atoms with Crippen LogP contribution in [-0.2, 0) is 0 Å². The van der Waals surface area contributed by atoms with Crippen LogP contribution in [0.4, 0.5) is 0 Å². The third-order valence-electron chi connectivity index (χ3n) is 3.06. The van der Waals surface area contributed by atoms with E-state index in [0.29, 0.717) is 24.6 Å². The topological polar surface area (TPSA) is 65.5 Å². The van der Waals surface area contributed by atoms with E-state index in [4.69, 9.17) is 0 Å². The Morgan fingerprint density at radius 3 is 2.41 bits per heavy atom. The highest BCUT2D eigenvalue weighted by atomic mass is 16.1. The van der Waals surface area contributed by atoms with Gasteiger partial charge < -0.3 is 16.0 Å². The molecule has 0 spiro atoms. The van der Waals surface area contributed by atoms with Gasteiger partial charge in [0.05, 0.1) is 0 Å². The first-order chi connectivity index (χ1) is 10.6. The van der Waals surface area contributed by atoms with Crippen molar-refractivity contribution in [1.82, 2.24) is 16.0 Å². The Hall–Kier alpha value is -2.04. The molecular weight excluding hydrogens is 276 g/mol. The minimum absolute atomic E-state index is 0.0517. The summed E-state index contributed by atoms with van der Waals surface area (Å²) in [4.78, 5) is 16.4. The standard InChI is InChI=1S/C17H28N4O/c1-4-18-17(20-11-10-14(2)3)21-13-12-19-16(22)15-8-6-5-7-9-15/h5-9,14H,4,10-13H2,1-3H3,(H,19,22)(H2,18,20,21). The van der Waals surface area contributed by atoms with E-state index in [0.717, 1.165) is 25.5 Å².